The SMILES string of the molecule is Cc1ccccc1C(=CCCN1CCC=C(C(=O)O)C1)c1sccc1Br. The molecule has 0 radical (unpaired) electrons. The lowest BCUT2D eigenvalue weighted by Gasteiger charge is -2.25. The van der Waals surface area contributed by atoms with Crippen molar-refractivity contribution in [1.29, 1.82) is 0 Å². The van der Waals surface area contributed by atoms with Crippen LogP contribution in [0.1, 0.15) is 28.8 Å². The van der Waals surface area contributed by atoms with Crippen LogP contribution in [0.25, 0.3) is 5.57 Å². The normalized spacial score (nSPS) is 15.8. The zero-order chi connectivity index (χ0) is 18.5. The summed E-state index contributed by atoms with van der Waals surface area (Å²) in [5.41, 5.74) is 4.27. The summed E-state index contributed by atoms with van der Waals surface area (Å²) in [5.74, 6) is -0.798. The van der Waals surface area contributed by atoms with Crippen LogP contribution < -0.4 is 0 Å². The number of carboxylic acid groups (broad SMARTS) is 1. The maximum absolute atomic E-state index is 11.2. The molecule has 1 aliphatic rings. The molecule has 3 nitrogen and oxygen atoms in total. The van der Waals surface area contributed by atoms with Gasteiger partial charge in [0.1, 0.15) is 0 Å². The fourth-order valence-electron chi connectivity index (χ4n) is 3.23. The predicted octanol–water partition coefficient (Wildman–Crippen LogP) is 5.36. The first-order valence-corrected chi connectivity index (χ1v) is 10.4. The van der Waals surface area contributed by atoms with E-state index in [1.165, 1.54) is 21.6 Å². The zero-order valence-corrected chi connectivity index (χ0v) is 17.1. The van der Waals surface area contributed by atoms with Crippen molar-refractivity contribution in [3.63, 3.8) is 0 Å². The van der Waals surface area contributed by atoms with Gasteiger partial charge < -0.3 is 5.11 Å². The molecule has 2 heterocycles. The predicted molar refractivity (Wildman–Crippen MR) is 112 cm³/mol. The first-order chi connectivity index (χ1) is 12.6. The second kappa shape index (κ2) is 8.80. The molecule has 0 aliphatic carbocycles. The van der Waals surface area contributed by atoms with E-state index < -0.39 is 5.97 Å². The van der Waals surface area contributed by atoms with E-state index in [1.807, 2.05) is 6.08 Å². The highest BCUT2D eigenvalue weighted by Gasteiger charge is 2.17. The van der Waals surface area contributed by atoms with Crippen molar-refractivity contribution in [3.05, 3.63) is 73.9 Å². The van der Waals surface area contributed by atoms with Gasteiger partial charge in [-0.25, -0.2) is 4.79 Å². The first-order valence-electron chi connectivity index (χ1n) is 8.70. The van der Waals surface area contributed by atoms with E-state index in [0.717, 1.165) is 30.4 Å². The van der Waals surface area contributed by atoms with Crippen LogP contribution in [0.5, 0.6) is 0 Å². The van der Waals surface area contributed by atoms with Gasteiger partial charge in [-0.3, -0.25) is 4.90 Å². The monoisotopic (exact) mass is 431 g/mol. The van der Waals surface area contributed by atoms with Crippen molar-refractivity contribution in [1.82, 2.24) is 4.90 Å². The number of nitrogens with zero attached hydrogens (tertiary/aromatic N) is 1. The Kier molecular flexibility index (Phi) is 6.46. The molecule has 1 aromatic heterocycles. The maximum atomic E-state index is 11.2. The Morgan fingerprint density at radius 2 is 2.15 bits per heavy atom. The lowest BCUT2D eigenvalue weighted by Crippen LogP contribution is -2.32. The van der Waals surface area contributed by atoms with Crippen LogP contribution in [-0.4, -0.2) is 35.6 Å². The fourth-order valence-corrected chi connectivity index (χ4v) is 4.87. The third kappa shape index (κ3) is 4.53. The summed E-state index contributed by atoms with van der Waals surface area (Å²) in [4.78, 5) is 14.6. The van der Waals surface area contributed by atoms with E-state index in [-0.39, 0.29) is 0 Å². The third-order valence-electron chi connectivity index (χ3n) is 4.60. The standard InChI is InChI=1S/C21H22BrNO2S/c1-15-6-2-3-8-17(15)18(20-19(22)10-13-26-20)9-5-12-23-11-4-7-16(14-23)21(24)25/h2-3,6-10,13H,4-5,11-12,14H2,1H3,(H,24,25). The van der Waals surface area contributed by atoms with E-state index in [0.29, 0.717) is 12.1 Å². The zero-order valence-electron chi connectivity index (χ0n) is 14.7. The quantitative estimate of drug-likeness (QED) is 0.669. The van der Waals surface area contributed by atoms with Gasteiger partial charge >= 0.3 is 5.97 Å². The van der Waals surface area contributed by atoms with E-state index in [9.17, 15) is 9.90 Å². The minimum absolute atomic E-state index is 0.514. The summed E-state index contributed by atoms with van der Waals surface area (Å²) in [6, 6.07) is 10.5. The molecule has 1 N–H and O–H groups in total. The van der Waals surface area contributed by atoms with Crippen molar-refractivity contribution in [2.24, 2.45) is 0 Å². The number of carbonyl (C=O) groups is 1. The van der Waals surface area contributed by atoms with Gasteiger partial charge in [-0.1, -0.05) is 36.4 Å². The molecule has 1 aromatic carbocycles. The topological polar surface area (TPSA) is 40.5 Å². The molecule has 0 saturated heterocycles. The first kappa shape index (κ1) is 19.1. The Balaban J connectivity index is 1.78. The van der Waals surface area contributed by atoms with Crippen LogP contribution in [0.2, 0.25) is 0 Å². The van der Waals surface area contributed by atoms with E-state index >= 15 is 0 Å². The Hall–Kier alpha value is -1.69. The third-order valence-corrected chi connectivity index (χ3v) is 6.47. The highest BCUT2D eigenvalue weighted by Crippen LogP contribution is 2.35. The lowest BCUT2D eigenvalue weighted by molar-refractivity contribution is -0.133. The number of benzene rings is 1. The number of aryl methyl sites for hydroxylation is 1. The second-order valence-corrected chi connectivity index (χ2v) is 8.19. The van der Waals surface area contributed by atoms with Crippen LogP contribution in [0, 0.1) is 6.92 Å². The highest BCUT2D eigenvalue weighted by atomic mass is 79.9. The van der Waals surface area contributed by atoms with Crippen molar-refractivity contribution < 1.29 is 9.90 Å². The molecule has 3 rings (SSSR count). The van der Waals surface area contributed by atoms with Gasteiger partial charge in [0, 0.05) is 34.6 Å². The van der Waals surface area contributed by atoms with E-state index in [1.54, 1.807) is 11.3 Å². The average molecular weight is 432 g/mol. The summed E-state index contributed by atoms with van der Waals surface area (Å²) < 4.78 is 1.12. The van der Waals surface area contributed by atoms with Gasteiger partial charge in [0.05, 0.1) is 0 Å². The minimum Gasteiger partial charge on any atom is -0.478 e. The number of halogens is 1. The smallest absolute Gasteiger partial charge is 0.332 e. The molecule has 0 bridgehead atoms. The summed E-state index contributed by atoms with van der Waals surface area (Å²) >= 11 is 5.40. The summed E-state index contributed by atoms with van der Waals surface area (Å²) in [7, 11) is 0. The van der Waals surface area contributed by atoms with Gasteiger partial charge in [0.25, 0.3) is 0 Å². The number of carboxylic acids is 1. The fraction of sp³-hybridized carbons (Fsp3) is 0.286. The largest absolute Gasteiger partial charge is 0.478 e. The van der Waals surface area contributed by atoms with E-state index in [4.69, 9.17) is 0 Å². The summed E-state index contributed by atoms with van der Waals surface area (Å²) in [6.07, 6.45) is 5.83. The molecule has 0 saturated carbocycles. The summed E-state index contributed by atoms with van der Waals surface area (Å²) in [6.45, 7) is 4.46. The molecular formula is C21H22BrNO2S. The Labute approximate surface area is 166 Å². The molecule has 0 unspecified atom stereocenters. The van der Waals surface area contributed by atoms with Crippen LogP contribution in [-0.2, 0) is 4.79 Å². The number of aliphatic carboxylic acids is 1. The minimum atomic E-state index is -0.798. The van der Waals surface area contributed by atoms with Crippen LogP contribution >= 0.6 is 27.3 Å². The molecule has 26 heavy (non-hydrogen) atoms. The van der Waals surface area contributed by atoms with Gasteiger partial charge in [0.15, 0.2) is 0 Å². The number of rotatable bonds is 6. The molecule has 0 amide bonds. The van der Waals surface area contributed by atoms with Crippen molar-refractivity contribution in [2.45, 2.75) is 19.8 Å². The molecular weight excluding hydrogens is 410 g/mol. The molecule has 136 valence electrons. The lowest BCUT2D eigenvalue weighted by atomic mass is 9.98. The van der Waals surface area contributed by atoms with Crippen molar-refractivity contribution in [2.75, 3.05) is 19.6 Å². The molecule has 5 heteroatoms. The molecule has 1 aliphatic heterocycles. The van der Waals surface area contributed by atoms with Crippen LogP contribution in [0.4, 0.5) is 0 Å². The van der Waals surface area contributed by atoms with Crippen molar-refractivity contribution >= 4 is 38.8 Å². The Morgan fingerprint density at radius 1 is 1.35 bits per heavy atom. The summed E-state index contributed by atoms with van der Waals surface area (Å²) in [5, 5.41) is 11.3. The molecule has 0 spiro atoms. The molecule has 2 aromatic rings. The molecule has 0 fully saturated rings. The number of hydrogen-bond donors (Lipinski definition) is 1. The van der Waals surface area contributed by atoms with Crippen molar-refractivity contribution in [3.8, 4) is 0 Å². The van der Waals surface area contributed by atoms with E-state index in [2.05, 4.69) is 69.5 Å². The van der Waals surface area contributed by atoms with Gasteiger partial charge in [-0.2, -0.15) is 0 Å². The van der Waals surface area contributed by atoms with Gasteiger partial charge in [-0.15, -0.1) is 11.3 Å². The second-order valence-electron chi connectivity index (χ2n) is 6.42. The van der Waals surface area contributed by atoms with Crippen LogP contribution in [0.15, 0.2) is 57.9 Å². The number of thiophene rings is 1. The number of hydrogen-bond acceptors (Lipinski definition) is 3. The average Bonchev–Trinajstić information content (AvgIpc) is 3.06. The Morgan fingerprint density at radius 3 is 2.85 bits per heavy atom. The maximum Gasteiger partial charge on any atom is 0.332 e. The Bertz CT molecular complexity index is 853. The molecule has 0 atom stereocenters. The highest BCUT2D eigenvalue weighted by molar-refractivity contribution is 9.10. The van der Waals surface area contributed by atoms with Crippen LogP contribution in [0.3, 0.4) is 0 Å². The van der Waals surface area contributed by atoms with Gasteiger partial charge in [0.2, 0.25) is 0 Å². The van der Waals surface area contributed by atoms with Gasteiger partial charge in [-0.05, 0) is 63.8 Å².